The standard InChI is InChI=1S/C19H17N5OS/c25-18(23-19-24-22-12-26-19)21-10-15(13-6-2-1-3-7-13)16-11-20-17-9-5-4-8-14(16)17/h1-9,11-12,15,20H,10H2,(H2,21,23,24,25). The van der Waals surface area contributed by atoms with Gasteiger partial charge in [0.25, 0.3) is 0 Å². The number of nitrogens with zero attached hydrogens (tertiary/aromatic N) is 2. The molecule has 6 nitrogen and oxygen atoms in total. The number of hydrogen-bond donors (Lipinski definition) is 3. The minimum absolute atomic E-state index is 0.0347. The Hall–Kier alpha value is -3.19. The number of amides is 2. The first kappa shape index (κ1) is 16.3. The SMILES string of the molecule is O=C(NCC(c1ccccc1)c1c[nH]c2ccccc12)Nc1nncs1. The molecule has 2 amide bonds. The number of anilines is 1. The molecule has 0 saturated carbocycles. The molecule has 0 saturated heterocycles. The van der Waals surface area contributed by atoms with Crippen molar-refractivity contribution in [1.82, 2.24) is 20.5 Å². The molecule has 4 rings (SSSR count). The van der Waals surface area contributed by atoms with E-state index in [1.165, 1.54) is 11.3 Å². The van der Waals surface area contributed by atoms with Gasteiger partial charge in [0, 0.05) is 29.6 Å². The molecule has 0 radical (unpaired) electrons. The maximum absolute atomic E-state index is 12.2. The van der Waals surface area contributed by atoms with Gasteiger partial charge in [-0.05, 0) is 17.2 Å². The molecule has 2 aromatic carbocycles. The van der Waals surface area contributed by atoms with Crippen molar-refractivity contribution >= 4 is 33.4 Å². The molecule has 1 atom stereocenters. The van der Waals surface area contributed by atoms with Crippen LogP contribution in [0.1, 0.15) is 17.0 Å². The molecule has 3 N–H and O–H groups in total. The summed E-state index contributed by atoms with van der Waals surface area (Å²) in [4.78, 5) is 15.5. The van der Waals surface area contributed by atoms with Gasteiger partial charge < -0.3 is 10.3 Å². The zero-order valence-corrected chi connectivity index (χ0v) is 14.7. The van der Waals surface area contributed by atoms with E-state index in [0.717, 1.165) is 22.0 Å². The third kappa shape index (κ3) is 3.43. The molecule has 0 aliphatic heterocycles. The second-order valence-corrected chi connectivity index (χ2v) is 6.66. The summed E-state index contributed by atoms with van der Waals surface area (Å²) in [7, 11) is 0. The number of fused-ring (bicyclic) bond motifs is 1. The summed E-state index contributed by atoms with van der Waals surface area (Å²) >= 11 is 1.28. The Morgan fingerprint density at radius 1 is 1.12 bits per heavy atom. The number of H-pyrrole nitrogens is 1. The maximum atomic E-state index is 12.2. The molecule has 1 unspecified atom stereocenters. The highest BCUT2D eigenvalue weighted by atomic mass is 32.1. The van der Waals surface area contributed by atoms with E-state index in [2.05, 4.69) is 50.1 Å². The Kier molecular flexibility index (Phi) is 4.61. The highest BCUT2D eigenvalue weighted by molar-refractivity contribution is 7.13. The number of carbonyl (C=O) groups excluding carboxylic acids is 1. The van der Waals surface area contributed by atoms with Crippen LogP contribution >= 0.6 is 11.3 Å². The van der Waals surface area contributed by atoms with Gasteiger partial charge in [0.05, 0.1) is 0 Å². The third-order valence-corrected chi connectivity index (χ3v) is 4.85. The molecule has 4 aromatic rings. The van der Waals surface area contributed by atoms with Crippen LogP contribution < -0.4 is 10.6 Å². The average Bonchev–Trinajstić information content (AvgIpc) is 3.33. The maximum Gasteiger partial charge on any atom is 0.321 e. The van der Waals surface area contributed by atoms with Crippen LogP contribution in [0.4, 0.5) is 9.93 Å². The van der Waals surface area contributed by atoms with E-state index >= 15 is 0 Å². The fourth-order valence-corrected chi connectivity index (χ4v) is 3.48. The summed E-state index contributed by atoms with van der Waals surface area (Å²) in [6.45, 7) is 0.469. The molecule has 0 aliphatic carbocycles. The van der Waals surface area contributed by atoms with E-state index in [1.54, 1.807) is 5.51 Å². The molecule has 0 bridgehead atoms. The van der Waals surface area contributed by atoms with Crippen molar-refractivity contribution in [3.8, 4) is 0 Å². The van der Waals surface area contributed by atoms with E-state index in [9.17, 15) is 4.79 Å². The summed E-state index contributed by atoms with van der Waals surface area (Å²) in [6.07, 6.45) is 2.02. The van der Waals surface area contributed by atoms with Gasteiger partial charge in [-0.3, -0.25) is 5.32 Å². The topological polar surface area (TPSA) is 82.7 Å². The normalized spacial score (nSPS) is 12.0. The minimum atomic E-state index is -0.289. The Morgan fingerprint density at radius 2 is 1.92 bits per heavy atom. The van der Waals surface area contributed by atoms with Crippen molar-refractivity contribution in [2.45, 2.75) is 5.92 Å². The van der Waals surface area contributed by atoms with E-state index in [4.69, 9.17) is 0 Å². The largest absolute Gasteiger partial charge is 0.361 e. The third-order valence-electron chi connectivity index (χ3n) is 4.25. The van der Waals surface area contributed by atoms with Gasteiger partial charge >= 0.3 is 6.03 Å². The predicted octanol–water partition coefficient (Wildman–Crippen LogP) is 3.97. The number of benzene rings is 2. The van der Waals surface area contributed by atoms with E-state index in [-0.39, 0.29) is 11.9 Å². The second kappa shape index (κ2) is 7.37. The molecular weight excluding hydrogens is 346 g/mol. The number of rotatable bonds is 5. The number of carbonyl (C=O) groups is 1. The zero-order valence-electron chi connectivity index (χ0n) is 13.8. The minimum Gasteiger partial charge on any atom is -0.361 e. The molecule has 0 fully saturated rings. The van der Waals surface area contributed by atoms with Gasteiger partial charge in [-0.2, -0.15) is 0 Å². The van der Waals surface area contributed by atoms with Crippen molar-refractivity contribution in [2.24, 2.45) is 0 Å². The van der Waals surface area contributed by atoms with Crippen LogP contribution in [0.15, 0.2) is 66.3 Å². The van der Waals surface area contributed by atoms with Crippen LogP contribution in [-0.2, 0) is 0 Å². The Labute approximate surface area is 154 Å². The van der Waals surface area contributed by atoms with E-state index < -0.39 is 0 Å². The van der Waals surface area contributed by atoms with Gasteiger partial charge in [0.1, 0.15) is 5.51 Å². The Bertz CT molecular complexity index is 997. The van der Waals surface area contributed by atoms with Crippen LogP contribution in [0.2, 0.25) is 0 Å². The fourth-order valence-electron chi connectivity index (χ4n) is 3.04. The number of nitrogens with one attached hydrogen (secondary N) is 3. The van der Waals surface area contributed by atoms with Crippen LogP contribution in [0, 0.1) is 0 Å². The Balaban J connectivity index is 1.59. The van der Waals surface area contributed by atoms with Gasteiger partial charge in [-0.15, -0.1) is 10.2 Å². The highest BCUT2D eigenvalue weighted by Gasteiger charge is 2.19. The van der Waals surface area contributed by atoms with Crippen molar-refractivity contribution < 1.29 is 4.79 Å². The number of aromatic nitrogens is 3. The van der Waals surface area contributed by atoms with Crippen molar-refractivity contribution in [3.63, 3.8) is 0 Å². The van der Waals surface area contributed by atoms with E-state index in [1.807, 2.05) is 36.5 Å². The number of urea groups is 1. The quantitative estimate of drug-likeness (QED) is 0.502. The predicted molar refractivity (Wildman–Crippen MR) is 104 cm³/mol. The lowest BCUT2D eigenvalue weighted by Crippen LogP contribution is -2.32. The highest BCUT2D eigenvalue weighted by Crippen LogP contribution is 2.30. The van der Waals surface area contributed by atoms with Gasteiger partial charge in [0.15, 0.2) is 0 Å². The van der Waals surface area contributed by atoms with Crippen LogP contribution in [0.25, 0.3) is 10.9 Å². The Morgan fingerprint density at radius 3 is 2.73 bits per heavy atom. The molecule has 2 aromatic heterocycles. The fraction of sp³-hybridized carbons (Fsp3) is 0.105. The zero-order chi connectivity index (χ0) is 17.8. The smallest absolute Gasteiger partial charge is 0.321 e. The molecule has 2 heterocycles. The first-order chi connectivity index (χ1) is 12.8. The van der Waals surface area contributed by atoms with Crippen molar-refractivity contribution in [3.05, 3.63) is 77.4 Å². The first-order valence-corrected chi connectivity index (χ1v) is 9.11. The van der Waals surface area contributed by atoms with E-state index in [0.29, 0.717) is 11.7 Å². The second-order valence-electron chi connectivity index (χ2n) is 5.83. The molecule has 130 valence electrons. The number of hydrogen-bond acceptors (Lipinski definition) is 4. The van der Waals surface area contributed by atoms with Crippen LogP contribution in [0.3, 0.4) is 0 Å². The van der Waals surface area contributed by atoms with Crippen LogP contribution in [-0.4, -0.2) is 27.8 Å². The molecule has 0 aliphatic rings. The van der Waals surface area contributed by atoms with Gasteiger partial charge in [-0.1, -0.05) is 59.9 Å². The van der Waals surface area contributed by atoms with Crippen molar-refractivity contribution in [2.75, 3.05) is 11.9 Å². The monoisotopic (exact) mass is 363 g/mol. The van der Waals surface area contributed by atoms with Gasteiger partial charge in [0.2, 0.25) is 5.13 Å². The lowest BCUT2D eigenvalue weighted by Gasteiger charge is -2.18. The summed E-state index contributed by atoms with van der Waals surface area (Å²) in [5.41, 5.74) is 4.96. The summed E-state index contributed by atoms with van der Waals surface area (Å²) < 4.78 is 0. The number of para-hydroxylation sites is 1. The average molecular weight is 363 g/mol. The summed E-state index contributed by atoms with van der Waals surface area (Å²) in [6, 6.07) is 18.1. The molecule has 26 heavy (non-hydrogen) atoms. The lowest BCUT2D eigenvalue weighted by atomic mass is 9.91. The summed E-state index contributed by atoms with van der Waals surface area (Å²) in [5.74, 6) is 0.0347. The molecule has 0 spiro atoms. The molecular formula is C19H17N5OS. The first-order valence-electron chi connectivity index (χ1n) is 8.23. The summed E-state index contributed by atoms with van der Waals surface area (Å²) in [5, 5.41) is 14.8. The van der Waals surface area contributed by atoms with Gasteiger partial charge in [-0.25, -0.2) is 4.79 Å². The number of aromatic amines is 1. The van der Waals surface area contributed by atoms with Crippen LogP contribution in [0.5, 0.6) is 0 Å². The lowest BCUT2D eigenvalue weighted by molar-refractivity contribution is 0.252. The molecule has 7 heteroatoms. The van der Waals surface area contributed by atoms with Crippen molar-refractivity contribution in [1.29, 1.82) is 0 Å².